The number of nitrogens with zero attached hydrogens (tertiary/aromatic N) is 3. The molecule has 0 aliphatic carbocycles. The van der Waals surface area contributed by atoms with E-state index in [-0.39, 0.29) is 22.9 Å². The molecule has 0 spiro atoms. The fraction of sp³-hybridized carbons (Fsp3) is 0.333. The van der Waals surface area contributed by atoms with Gasteiger partial charge in [0.05, 0.1) is 18.3 Å². The Morgan fingerprint density at radius 2 is 2.00 bits per heavy atom. The maximum Gasteiger partial charge on any atom is 0.229 e. The van der Waals surface area contributed by atoms with Crippen molar-refractivity contribution in [3.8, 4) is 0 Å². The minimum absolute atomic E-state index is 0.119. The van der Waals surface area contributed by atoms with E-state index in [2.05, 4.69) is 27.1 Å². The molecule has 2 heterocycles. The average Bonchev–Trinajstić information content (AvgIpc) is 2.60. The Morgan fingerprint density at radius 1 is 1.24 bits per heavy atom. The molecule has 0 bridgehead atoms. The van der Waals surface area contributed by atoms with Crippen LogP contribution in [0.25, 0.3) is 0 Å². The summed E-state index contributed by atoms with van der Waals surface area (Å²) in [5.41, 5.74) is 0.777. The summed E-state index contributed by atoms with van der Waals surface area (Å²) in [4.78, 5) is 21.0. The van der Waals surface area contributed by atoms with E-state index in [1.165, 1.54) is 12.1 Å². The molecule has 0 saturated carbocycles. The Kier molecular flexibility index (Phi) is 5.50. The lowest BCUT2D eigenvalue weighted by Crippen LogP contribution is -2.44. The average molecular weight is 363 g/mol. The number of hydrogen-bond donors (Lipinski definition) is 1. The lowest BCUT2D eigenvalue weighted by molar-refractivity contribution is -0.115. The first-order valence-corrected chi connectivity index (χ1v) is 8.53. The van der Waals surface area contributed by atoms with Crippen LogP contribution < -0.4 is 10.2 Å². The number of aromatic nitrogens is 1. The van der Waals surface area contributed by atoms with E-state index in [9.17, 15) is 9.18 Å². The van der Waals surface area contributed by atoms with E-state index in [0.717, 1.165) is 32.0 Å². The predicted octanol–water partition coefficient (Wildman–Crippen LogP) is 2.81. The van der Waals surface area contributed by atoms with Crippen molar-refractivity contribution in [3.63, 3.8) is 0 Å². The minimum Gasteiger partial charge on any atom is -0.354 e. The van der Waals surface area contributed by atoms with Crippen molar-refractivity contribution in [2.45, 2.75) is 6.42 Å². The van der Waals surface area contributed by atoms with Gasteiger partial charge in [0, 0.05) is 36.8 Å². The zero-order valence-electron chi connectivity index (χ0n) is 14.0. The number of likely N-dealkylation sites (N-methyl/N-ethyl adjacent to an activating group) is 1. The third-order valence-electron chi connectivity index (χ3n) is 4.26. The molecule has 2 aromatic rings. The van der Waals surface area contributed by atoms with Crippen LogP contribution >= 0.6 is 11.6 Å². The number of pyridine rings is 1. The highest BCUT2D eigenvalue weighted by Crippen LogP contribution is 2.20. The highest BCUT2D eigenvalue weighted by Gasteiger charge is 2.16. The van der Waals surface area contributed by atoms with E-state index in [1.807, 2.05) is 12.1 Å². The van der Waals surface area contributed by atoms with Gasteiger partial charge < -0.3 is 15.1 Å². The number of carbonyl (C=O) groups excluding carboxylic acids is 1. The Morgan fingerprint density at radius 3 is 2.64 bits per heavy atom. The van der Waals surface area contributed by atoms with Crippen molar-refractivity contribution in [3.05, 3.63) is 52.9 Å². The van der Waals surface area contributed by atoms with Crippen molar-refractivity contribution in [2.24, 2.45) is 0 Å². The summed E-state index contributed by atoms with van der Waals surface area (Å²) < 4.78 is 13.8. The molecular formula is C18H20ClFN4O. The Hall–Kier alpha value is -2.18. The smallest absolute Gasteiger partial charge is 0.229 e. The van der Waals surface area contributed by atoms with Crippen molar-refractivity contribution in [1.82, 2.24) is 9.88 Å². The third-order valence-corrected chi connectivity index (χ3v) is 4.61. The number of halogens is 2. The highest BCUT2D eigenvalue weighted by atomic mass is 35.5. The molecule has 1 aromatic heterocycles. The normalized spacial score (nSPS) is 15.2. The quantitative estimate of drug-likeness (QED) is 0.908. The maximum atomic E-state index is 13.8. The molecule has 5 nitrogen and oxygen atoms in total. The molecule has 3 rings (SSSR count). The molecular weight excluding hydrogens is 343 g/mol. The first kappa shape index (κ1) is 17.6. The SMILES string of the molecule is CN1CCN(c2ccc(NC(=O)Cc3c(F)cccc3Cl)cn2)CC1. The fourth-order valence-electron chi connectivity index (χ4n) is 2.75. The van der Waals surface area contributed by atoms with Crippen molar-refractivity contribution in [2.75, 3.05) is 43.4 Å². The van der Waals surface area contributed by atoms with Crippen LogP contribution in [-0.2, 0) is 11.2 Å². The summed E-state index contributed by atoms with van der Waals surface area (Å²) in [6, 6.07) is 8.07. The Labute approximate surface area is 151 Å². The number of carbonyl (C=O) groups is 1. The van der Waals surface area contributed by atoms with E-state index in [1.54, 1.807) is 12.3 Å². The largest absolute Gasteiger partial charge is 0.354 e. The molecule has 1 N–H and O–H groups in total. The Balaban J connectivity index is 1.60. The summed E-state index contributed by atoms with van der Waals surface area (Å²) >= 11 is 5.95. The zero-order valence-corrected chi connectivity index (χ0v) is 14.8. The first-order chi connectivity index (χ1) is 12.0. The van der Waals surface area contributed by atoms with Crippen LogP contribution in [0.1, 0.15) is 5.56 Å². The highest BCUT2D eigenvalue weighted by molar-refractivity contribution is 6.31. The summed E-state index contributed by atoms with van der Waals surface area (Å²) in [6.45, 7) is 3.87. The van der Waals surface area contributed by atoms with Gasteiger partial charge in [0.1, 0.15) is 11.6 Å². The summed E-state index contributed by atoms with van der Waals surface area (Å²) in [5, 5.41) is 2.98. The van der Waals surface area contributed by atoms with Gasteiger partial charge in [0.25, 0.3) is 0 Å². The molecule has 1 aromatic carbocycles. The monoisotopic (exact) mass is 362 g/mol. The van der Waals surface area contributed by atoms with Gasteiger partial charge in [-0.15, -0.1) is 0 Å². The van der Waals surface area contributed by atoms with Crippen LogP contribution in [-0.4, -0.2) is 49.0 Å². The van der Waals surface area contributed by atoms with Crippen molar-refractivity contribution in [1.29, 1.82) is 0 Å². The predicted molar refractivity (Wildman–Crippen MR) is 97.7 cm³/mol. The minimum atomic E-state index is -0.480. The topological polar surface area (TPSA) is 48.5 Å². The number of benzene rings is 1. The Bertz CT molecular complexity index is 725. The molecule has 1 aliphatic rings. The second-order valence-electron chi connectivity index (χ2n) is 6.12. The van der Waals surface area contributed by atoms with Gasteiger partial charge in [-0.25, -0.2) is 9.37 Å². The standard InChI is InChI=1S/C18H20ClFN4O/c1-23-7-9-24(10-8-23)17-6-5-13(12-21-17)22-18(25)11-14-15(19)3-2-4-16(14)20/h2-6,12H,7-11H2,1H3,(H,22,25). The molecule has 1 fully saturated rings. The van der Waals surface area contributed by atoms with Crippen LogP contribution in [0.2, 0.25) is 5.02 Å². The number of rotatable bonds is 4. The summed E-state index contributed by atoms with van der Waals surface area (Å²) in [5.74, 6) is 0.0792. The van der Waals surface area contributed by atoms with E-state index in [0.29, 0.717) is 5.69 Å². The lowest BCUT2D eigenvalue weighted by atomic mass is 10.1. The van der Waals surface area contributed by atoms with Gasteiger partial charge in [-0.2, -0.15) is 0 Å². The fourth-order valence-corrected chi connectivity index (χ4v) is 2.98. The number of amides is 1. The molecule has 1 amide bonds. The molecule has 0 unspecified atom stereocenters. The van der Waals surface area contributed by atoms with Crippen LogP contribution in [0, 0.1) is 5.82 Å². The van der Waals surface area contributed by atoms with Crippen LogP contribution in [0.3, 0.4) is 0 Å². The van der Waals surface area contributed by atoms with Gasteiger partial charge in [0.15, 0.2) is 0 Å². The van der Waals surface area contributed by atoms with Crippen LogP contribution in [0.5, 0.6) is 0 Å². The third kappa shape index (κ3) is 4.46. The molecule has 0 radical (unpaired) electrons. The number of piperazine rings is 1. The van der Waals surface area contributed by atoms with Crippen molar-refractivity contribution < 1.29 is 9.18 Å². The lowest BCUT2D eigenvalue weighted by Gasteiger charge is -2.33. The van der Waals surface area contributed by atoms with Gasteiger partial charge in [-0.05, 0) is 31.3 Å². The second kappa shape index (κ2) is 7.80. The molecule has 1 aliphatic heterocycles. The first-order valence-electron chi connectivity index (χ1n) is 8.15. The maximum absolute atomic E-state index is 13.8. The van der Waals surface area contributed by atoms with Gasteiger partial charge >= 0.3 is 0 Å². The number of hydrogen-bond acceptors (Lipinski definition) is 4. The summed E-state index contributed by atoms with van der Waals surface area (Å²) in [6.07, 6.45) is 1.50. The molecule has 7 heteroatoms. The van der Waals surface area contributed by atoms with E-state index < -0.39 is 5.82 Å². The van der Waals surface area contributed by atoms with Gasteiger partial charge in [-0.3, -0.25) is 4.79 Å². The van der Waals surface area contributed by atoms with Gasteiger partial charge in [-0.1, -0.05) is 17.7 Å². The second-order valence-corrected chi connectivity index (χ2v) is 6.53. The van der Waals surface area contributed by atoms with E-state index >= 15 is 0 Å². The van der Waals surface area contributed by atoms with Crippen LogP contribution in [0.4, 0.5) is 15.9 Å². The summed E-state index contributed by atoms with van der Waals surface area (Å²) in [7, 11) is 2.10. The zero-order chi connectivity index (χ0) is 17.8. The van der Waals surface area contributed by atoms with E-state index in [4.69, 9.17) is 11.6 Å². The molecule has 1 saturated heterocycles. The van der Waals surface area contributed by atoms with Crippen molar-refractivity contribution >= 4 is 29.0 Å². The molecule has 132 valence electrons. The number of nitrogens with one attached hydrogen (secondary N) is 1. The molecule has 0 atom stereocenters. The van der Waals surface area contributed by atoms with Crippen LogP contribution in [0.15, 0.2) is 36.5 Å². The van der Waals surface area contributed by atoms with Gasteiger partial charge in [0.2, 0.25) is 5.91 Å². The molecule has 25 heavy (non-hydrogen) atoms. The number of anilines is 2.